The molecule has 1 fully saturated rings. The van der Waals surface area contributed by atoms with Crippen LogP contribution in [0.3, 0.4) is 0 Å². The van der Waals surface area contributed by atoms with Crippen LogP contribution < -0.4 is 5.32 Å². The topological polar surface area (TPSA) is 55.4 Å². The minimum absolute atomic E-state index is 0.182. The minimum atomic E-state index is -0.374. The Bertz CT molecular complexity index is 576. The Morgan fingerprint density at radius 3 is 2.91 bits per heavy atom. The van der Waals surface area contributed by atoms with E-state index in [0.29, 0.717) is 16.7 Å². The van der Waals surface area contributed by atoms with E-state index in [2.05, 4.69) is 12.2 Å². The summed E-state index contributed by atoms with van der Waals surface area (Å²) in [7, 11) is 0. The van der Waals surface area contributed by atoms with Crippen LogP contribution in [0.15, 0.2) is 6.07 Å². The Hall–Kier alpha value is -1.36. The van der Waals surface area contributed by atoms with Crippen molar-refractivity contribution >= 4 is 23.2 Å². The van der Waals surface area contributed by atoms with E-state index < -0.39 is 0 Å². The first kappa shape index (κ1) is 15.5. The lowest BCUT2D eigenvalue weighted by molar-refractivity contribution is -0.124. The normalized spacial score (nSPS) is 21.8. The van der Waals surface area contributed by atoms with Gasteiger partial charge in [-0.1, -0.05) is 6.92 Å². The number of aryl methyl sites for hydroxylation is 1. The molecule has 3 rings (SSSR count). The molecular weight excluding hydrogens is 298 g/mol. The average molecular weight is 321 g/mol. The summed E-state index contributed by atoms with van der Waals surface area (Å²) in [6.07, 6.45) is 5.64. The van der Waals surface area contributed by atoms with Crippen molar-refractivity contribution in [3.05, 3.63) is 21.4 Å². The van der Waals surface area contributed by atoms with E-state index in [0.717, 1.165) is 12.8 Å². The molecule has 1 amide bonds. The number of rotatable bonds is 5. The summed E-state index contributed by atoms with van der Waals surface area (Å²) in [6.45, 7) is 4.06. The molecule has 120 valence electrons. The van der Waals surface area contributed by atoms with Crippen molar-refractivity contribution in [2.45, 2.75) is 52.0 Å². The fourth-order valence-electron chi connectivity index (χ4n) is 3.02. The molecule has 1 saturated carbocycles. The fraction of sp³-hybridized carbons (Fsp3) is 0.647. The second-order valence-corrected chi connectivity index (χ2v) is 7.81. The van der Waals surface area contributed by atoms with Gasteiger partial charge in [0, 0.05) is 10.9 Å². The SMILES string of the molecule is C[C@@H]1CCc2sc(C(=O)OCC(=O)N[C@@H](C)C3CC3)cc2C1. The lowest BCUT2D eigenvalue weighted by atomic mass is 9.90. The largest absolute Gasteiger partial charge is 0.451 e. The highest BCUT2D eigenvalue weighted by Crippen LogP contribution is 2.33. The lowest BCUT2D eigenvalue weighted by Crippen LogP contribution is -2.37. The van der Waals surface area contributed by atoms with Gasteiger partial charge in [0.25, 0.3) is 5.91 Å². The predicted octanol–water partition coefficient (Wildman–Crippen LogP) is 2.94. The third kappa shape index (κ3) is 3.69. The summed E-state index contributed by atoms with van der Waals surface area (Å²) in [5, 5.41) is 2.89. The summed E-state index contributed by atoms with van der Waals surface area (Å²) in [4.78, 5) is 25.8. The van der Waals surface area contributed by atoms with E-state index >= 15 is 0 Å². The Labute approximate surface area is 135 Å². The molecule has 2 aliphatic rings. The van der Waals surface area contributed by atoms with Crippen LogP contribution in [0.2, 0.25) is 0 Å². The van der Waals surface area contributed by atoms with E-state index in [4.69, 9.17) is 4.74 Å². The summed E-state index contributed by atoms with van der Waals surface area (Å²) < 4.78 is 5.15. The summed E-state index contributed by atoms with van der Waals surface area (Å²) in [5.74, 6) is 0.704. The van der Waals surface area contributed by atoms with E-state index in [1.165, 1.54) is 41.0 Å². The fourth-order valence-corrected chi connectivity index (χ4v) is 4.12. The maximum absolute atomic E-state index is 12.1. The molecule has 1 heterocycles. The number of ether oxygens (including phenoxy) is 1. The molecule has 5 heteroatoms. The van der Waals surface area contributed by atoms with E-state index in [1.54, 1.807) is 0 Å². The van der Waals surface area contributed by atoms with Crippen molar-refractivity contribution in [1.29, 1.82) is 0 Å². The third-order valence-electron chi connectivity index (χ3n) is 4.58. The number of esters is 1. The van der Waals surface area contributed by atoms with Crippen LogP contribution in [-0.2, 0) is 22.4 Å². The van der Waals surface area contributed by atoms with Gasteiger partial charge in [0.2, 0.25) is 0 Å². The van der Waals surface area contributed by atoms with E-state index in [9.17, 15) is 9.59 Å². The second-order valence-electron chi connectivity index (χ2n) is 6.68. The molecule has 4 nitrogen and oxygen atoms in total. The smallest absolute Gasteiger partial charge is 0.348 e. The number of hydrogen-bond acceptors (Lipinski definition) is 4. The number of hydrogen-bond donors (Lipinski definition) is 1. The number of carbonyl (C=O) groups is 2. The van der Waals surface area contributed by atoms with Gasteiger partial charge >= 0.3 is 5.97 Å². The molecule has 2 atom stereocenters. The molecule has 2 aliphatic carbocycles. The van der Waals surface area contributed by atoms with Crippen molar-refractivity contribution in [3.8, 4) is 0 Å². The highest BCUT2D eigenvalue weighted by molar-refractivity contribution is 7.14. The van der Waals surface area contributed by atoms with Crippen molar-refractivity contribution in [2.75, 3.05) is 6.61 Å². The Morgan fingerprint density at radius 2 is 2.18 bits per heavy atom. The van der Waals surface area contributed by atoms with Gasteiger partial charge in [-0.05, 0) is 62.5 Å². The van der Waals surface area contributed by atoms with E-state index in [1.807, 2.05) is 13.0 Å². The van der Waals surface area contributed by atoms with Crippen LogP contribution in [0.5, 0.6) is 0 Å². The lowest BCUT2D eigenvalue weighted by Gasteiger charge is -2.16. The minimum Gasteiger partial charge on any atom is -0.451 e. The first-order valence-corrected chi connectivity index (χ1v) is 8.92. The van der Waals surface area contributed by atoms with Gasteiger partial charge in [0.1, 0.15) is 4.88 Å². The van der Waals surface area contributed by atoms with E-state index in [-0.39, 0.29) is 24.5 Å². The van der Waals surface area contributed by atoms with Gasteiger partial charge in [0.15, 0.2) is 6.61 Å². The standard InChI is InChI=1S/C17H23NO3S/c1-10-3-6-14-13(7-10)8-15(22-14)17(20)21-9-16(19)18-11(2)12-4-5-12/h8,10-12H,3-7,9H2,1-2H3,(H,18,19)/t10-,11+/m1/s1. The molecule has 0 unspecified atom stereocenters. The molecular formula is C17H23NO3S. The Balaban J connectivity index is 1.50. The monoisotopic (exact) mass is 321 g/mol. The quantitative estimate of drug-likeness (QED) is 0.848. The van der Waals surface area contributed by atoms with Gasteiger partial charge in [0.05, 0.1) is 0 Å². The van der Waals surface area contributed by atoms with Gasteiger partial charge < -0.3 is 10.1 Å². The number of fused-ring (bicyclic) bond motifs is 1. The van der Waals surface area contributed by atoms with Crippen LogP contribution in [0.4, 0.5) is 0 Å². The molecule has 22 heavy (non-hydrogen) atoms. The zero-order chi connectivity index (χ0) is 15.7. The second kappa shape index (κ2) is 6.41. The summed E-state index contributed by atoms with van der Waals surface area (Å²) in [6, 6.07) is 2.13. The molecule has 1 aromatic heterocycles. The van der Waals surface area contributed by atoms with Crippen LogP contribution >= 0.6 is 11.3 Å². The van der Waals surface area contributed by atoms with Gasteiger partial charge in [-0.2, -0.15) is 0 Å². The molecule has 1 aromatic rings. The molecule has 0 aromatic carbocycles. The van der Waals surface area contributed by atoms with Crippen molar-refractivity contribution < 1.29 is 14.3 Å². The number of nitrogens with one attached hydrogen (secondary N) is 1. The first-order chi connectivity index (χ1) is 10.5. The Kier molecular flexibility index (Phi) is 4.52. The number of amides is 1. The van der Waals surface area contributed by atoms with Crippen LogP contribution in [-0.4, -0.2) is 24.5 Å². The van der Waals surface area contributed by atoms with Crippen molar-refractivity contribution in [1.82, 2.24) is 5.32 Å². The van der Waals surface area contributed by atoms with Gasteiger partial charge in [-0.3, -0.25) is 4.79 Å². The maximum Gasteiger partial charge on any atom is 0.348 e. The molecule has 0 aliphatic heterocycles. The van der Waals surface area contributed by atoms with Crippen LogP contribution in [0.1, 0.15) is 53.2 Å². The highest BCUT2D eigenvalue weighted by Gasteiger charge is 2.29. The maximum atomic E-state index is 12.1. The van der Waals surface area contributed by atoms with Gasteiger partial charge in [-0.15, -0.1) is 11.3 Å². The zero-order valence-corrected chi connectivity index (χ0v) is 14.0. The van der Waals surface area contributed by atoms with Gasteiger partial charge in [-0.25, -0.2) is 4.79 Å². The number of thiophene rings is 1. The van der Waals surface area contributed by atoms with Crippen molar-refractivity contribution in [3.63, 3.8) is 0 Å². The van der Waals surface area contributed by atoms with Crippen LogP contribution in [0, 0.1) is 11.8 Å². The molecule has 0 saturated heterocycles. The molecule has 0 radical (unpaired) electrons. The predicted molar refractivity (Wildman–Crippen MR) is 86.1 cm³/mol. The van der Waals surface area contributed by atoms with Crippen molar-refractivity contribution in [2.24, 2.45) is 11.8 Å². The summed E-state index contributed by atoms with van der Waals surface area (Å²) >= 11 is 1.52. The van der Waals surface area contributed by atoms with Crippen LogP contribution in [0.25, 0.3) is 0 Å². The third-order valence-corrected chi connectivity index (χ3v) is 5.80. The first-order valence-electron chi connectivity index (χ1n) is 8.11. The molecule has 0 bridgehead atoms. The molecule has 0 spiro atoms. The number of carbonyl (C=O) groups excluding carboxylic acids is 2. The highest BCUT2D eigenvalue weighted by atomic mass is 32.1. The summed E-state index contributed by atoms with van der Waals surface area (Å²) in [5.41, 5.74) is 1.28. The Morgan fingerprint density at radius 1 is 1.41 bits per heavy atom. The average Bonchev–Trinajstić information content (AvgIpc) is 3.24. The molecule has 1 N–H and O–H groups in total. The zero-order valence-electron chi connectivity index (χ0n) is 13.2.